The summed E-state index contributed by atoms with van der Waals surface area (Å²) in [5, 5.41) is 17.0. The van der Waals surface area contributed by atoms with Gasteiger partial charge in [0.25, 0.3) is 0 Å². The normalized spacial score (nSPS) is 15.3. The number of anilines is 3. The molecule has 0 unspecified atom stereocenters. The highest BCUT2D eigenvalue weighted by atomic mass is 32.2. The number of nitrogens with zero attached hydrogens (tertiary/aromatic N) is 1. The molecule has 3 N–H and O–H groups in total. The maximum atomic E-state index is 11.8. The molecule has 6 nitrogen and oxygen atoms in total. The lowest BCUT2D eigenvalue weighted by atomic mass is 9.78. The molecule has 0 fully saturated rings. The largest absolute Gasteiger partial charge is 0.507 e. The van der Waals surface area contributed by atoms with Gasteiger partial charge in [0, 0.05) is 27.8 Å². The fourth-order valence-electron chi connectivity index (χ4n) is 3.81. The Kier molecular flexibility index (Phi) is 5.29. The number of hydrogen-bond donors (Lipinski definition) is 3. The first-order valence-electron chi connectivity index (χ1n) is 10.5. The van der Waals surface area contributed by atoms with E-state index in [1.54, 1.807) is 6.07 Å². The zero-order valence-corrected chi connectivity index (χ0v) is 20.8. The third kappa shape index (κ3) is 4.47. The van der Waals surface area contributed by atoms with E-state index < -0.39 is 10.0 Å². The quantitative estimate of drug-likeness (QED) is 0.429. The molecular weight excluding hydrogens is 442 g/mol. The average molecular weight is 472 g/mol. The van der Waals surface area contributed by atoms with Crippen LogP contribution in [-0.4, -0.2) is 18.5 Å². The minimum Gasteiger partial charge on any atom is -0.507 e. The third-order valence-electron chi connectivity index (χ3n) is 5.49. The first-order valence-corrected chi connectivity index (χ1v) is 13.0. The van der Waals surface area contributed by atoms with E-state index in [-0.39, 0.29) is 16.6 Å². The van der Waals surface area contributed by atoms with E-state index in [4.69, 9.17) is 4.98 Å². The average Bonchev–Trinajstić information content (AvgIpc) is 3.22. The van der Waals surface area contributed by atoms with Gasteiger partial charge in [0.2, 0.25) is 10.0 Å². The van der Waals surface area contributed by atoms with Crippen molar-refractivity contribution in [1.82, 2.24) is 4.98 Å². The van der Waals surface area contributed by atoms with Crippen LogP contribution in [0.25, 0.3) is 11.3 Å². The van der Waals surface area contributed by atoms with E-state index in [9.17, 15) is 13.5 Å². The molecule has 1 aliphatic rings. The molecule has 170 valence electrons. The molecule has 0 bridgehead atoms. The van der Waals surface area contributed by atoms with E-state index in [1.807, 2.05) is 29.6 Å². The van der Waals surface area contributed by atoms with Crippen molar-refractivity contribution in [3.05, 3.63) is 52.4 Å². The Balaban J connectivity index is 1.67. The Bertz CT molecular complexity index is 1260. The van der Waals surface area contributed by atoms with Crippen molar-refractivity contribution in [2.45, 2.75) is 58.1 Å². The maximum Gasteiger partial charge on any atom is 0.237 e. The van der Waals surface area contributed by atoms with E-state index in [2.05, 4.69) is 51.6 Å². The number of sulfonamides is 1. The number of rotatable bonds is 3. The van der Waals surface area contributed by atoms with Crippen LogP contribution in [0.3, 0.4) is 0 Å². The standard InChI is InChI=1S/C24H29N3O3S2/c1-23(2,3)17-10-14(11-18(21(17)28)24(4,5)6)20-12-31-22(26-20)25-16-7-8-19-15(9-16)13-32(29,30)27-19/h7-12,27-28H,13H2,1-6H3,(H,25,26). The van der Waals surface area contributed by atoms with Crippen molar-refractivity contribution in [3.63, 3.8) is 0 Å². The van der Waals surface area contributed by atoms with Crippen molar-refractivity contribution < 1.29 is 13.5 Å². The molecule has 4 rings (SSSR count). The van der Waals surface area contributed by atoms with Crippen LogP contribution in [0.15, 0.2) is 35.7 Å². The molecule has 32 heavy (non-hydrogen) atoms. The topological polar surface area (TPSA) is 91.3 Å². The Morgan fingerprint density at radius 2 is 1.66 bits per heavy atom. The minimum absolute atomic E-state index is 0.0142. The molecule has 1 aliphatic heterocycles. The number of nitrogens with one attached hydrogen (secondary N) is 2. The summed E-state index contributed by atoms with van der Waals surface area (Å²) in [4.78, 5) is 4.77. The van der Waals surface area contributed by atoms with Crippen LogP contribution in [0.4, 0.5) is 16.5 Å². The molecule has 0 aliphatic carbocycles. The van der Waals surface area contributed by atoms with Crippen LogP contribution in [0.1, 0.15) is 58.2 Å². The van der Waals surface area contributed by atoms with Crippen molar-refractivity contribution in [1.29, 1.82) is 0 Å². The van der Waals surface area contributed by atoms with Crippen molar-refractivity contribution in [2.75, 3.05) is 10.0 Å². The van der Waals surface area contributed by atoms with Gasteiger partial charge in [0.1, 0.15) is 5.75 Å². The summed E-state index contributed by atoms with van der Waals surface area (Å²) >= 11 is 1.48. The number of fused-ring (bicyclic) bond motifs is 1. The monoisotopic (exact) mass is 471 g/mol. The number of phenols is 1. The Morgan fingerprint density at radius 1 is 1.03 bits per heavy atom. The first-order chi connectivity index (χ1) is 14.7. The lowest BCUT2D eigenvalue weighted by molar-refractivity contribution is 0.423. The second kappa shape index (κ2) is 7.49. The molecule has 0 amide bonds. The smallest absolute Gasteiger partial charge is 0.237 e. The van der Waals surface area contributed by atoms with Gasteiger partial charge in [-0.15, -0.1) is 11.3 Å². The first kappa shape index (κ1) is 22.6. The fraction of sp³-hybridized carbons (Fsp3) is 0.375. The van der Waals surface area contributed by atoms with Gasteiger partial charge >= 0.3 is 0 Å². The van der Waals surface area contributed by atoms with Crippen LogP contribution >= 0.6 is 11.3 Å². The van der Waals surface area contributed by atoms with Crippen molar-refractivity contribution in [2.24, 2.45) is 0 Å². The Labute approximate surface area is 193 Å². The second-order valence-corrected chi connectivity index (χ2v) is 12.9. The highest BCUT2D eigenvalue weighted by molar-refractivity contribution is 7.92. The van der Waals surface area contributed by atoms with Gasteiger partial charge in [-0.2, -0.15) is 0 Å². The minimum atomic E-state index is -3.27. The molecule has 0 saturated heterocycles. The van der Waals surface area contributed by atoms with Crippen molar-refractivity contribution >= 4 is 37.9 Å². The fourth-order valence-corrected chi connectivity index (χ4v) is 5.81. The van der Waals surface area contributed by atoms with Gasteiger partial charge in [0.15, 0.2) is 5.13 Å². The molecule has 2 heterocycles. The van der Waals surface area contributed by atoms with Gasteiger partial charge in [-0.05, 0) is 46.7 Å². The predicted molar refractivity (Wildman–Crippen MR) is 133 cm³/mol. The van der Waals surface area contributed by atoms with Gasteiger partial charge in [-0.25, -0.2) is 13.4 Å². The van der Waals surface area contributed by atoms with E-state index in [1.165, 1.54) is 11.3 Å². The molecule has 8 heteroatoms. The molecule has 0 saturated carbocycles. The van der Waals surface area contributed by atoms with Crippen LogP contribution in [0.2, 0.25) is 0 Å². The number of phenolic OH excluding ortho intramolecular Hbond substituents is 1. The van der Waals surface area contributed by atoms with Gasteiger partial charge in [-0.3, -0.25) is 4.72 Å². The van der Waals surface area contributed by atoms with E-state index in [0.29, 0.717) is 11.4 Å². The second-order valence-electron chi connectivity index (χ2n) is 10.3. The lowest BCUT2D eigenvalue weighted by Crippen LogP contribution is -2.17. The number of aromatic nitrogens is 1. The molecule has 2 aromatic carbocycles. The van der Waals surface area contributed by atoms with Crippen LogP contribution in [0, 0.1) is 0 Å². The number of thiazole rings is 1. The number of aromatic hydroxyl groups is 1. The summed E-state index contributed by atoms with van der Waals surface area (Å²) in [6, 6.07) is 9.49. The van der Waals surface area contributed by atoms with Gasteiger partial charge < -0.3 is 10.4 Å². The van der Waals surface area contributed by atoms with Crippen LogP contribution in [0.5, 0.6) is 5.75 Å². The maximum absolute atomic E-state index is 11.8. The van der Waals surface area contributed by atoms with Crippen LogP contribution < -0.4 is 10.0 Å². The summed E-state index contributed by atoms with van der Waals surface area (Å²) in [5.74, 6) is 0.337. The number of benzene rings is 2. The summed E-state index contributed by atoms with van der Waals surface area (Å²) in [6.07, 6.45) is 0. The predicted octanol–water partition coefficient (Wildman–Crippen LogP) is 6.11. The van der Waals surface area contributed by atoms with E-state index in [0.717, 1.165) is 38.8 Å². The molecule has 0 spiro atoms. The highest BCUT2D eigenvalue weighted by Crippen LogP contribution is 2.42. The summed E-state index contributed by atoms with van der Waals surface area (Å²) < 4.78 is 26.1. The SMILES string of the molecule is CC(C)(C)c1cc(-c2csc(Nc3ccc4c(c3)CS(=O)(=O)N4)n2)cc(C(C)(C)C)c1O. The molecule has 0 radical (unpaired) electrons. The van der Waals surface area contributed by atoms with Gasteiger partial charge in [-0.1, -0.05) is 41.5 Å². The third-order valence-corrected chi connectivity index (χ3v) is 7.47. The summed E-state index contributed by atoms with van der Waals surface area (Å²) in [6.45, 7) is 12.6. The van der Waals surface area contributed by atoms with E-state index >= 15 is 0 Å². The zero-order valence-electron chi connectivity index (χ0n) is 19.2. The zero-order chi connectivity index (χ0) is 23.5. The molecule has 1 aromatic heterocycles. The lowest BCUT2D eigenvalue weighted by Gasteiger charge is -2.28. The Hall–Kier alpha value is -2.58. The summed E-state index contributed by atoms with van der Waals surface area (Å²) in [5.41, 5.74) is 5.33. The Morgan fingerprint density at radius 3 is 2.25 bits per heavy atom. The molecule has 0 atom stereocenters. The van der Waals surface area contributed by atoms with Crippen LogP contribution in [-0.2, 0) is 26.6 Å². The van der Waals surface area contributed by atoms with Crippen molar-refractivity contribution in [3.8, 4) is 17.0 Å². The molecule has 3 aromatic rings. The van der Waals surface area contributed by atoms with Gasteiger partial charge in [0.05, 0.1) is 17.1 Å². The number of hydrogen-bond acceptors (Lipinski definition) is 6. The molecular formula is C24H29N3O3S2. The highest BCUT2D eigenvalue weighted by Gasteiger charge is 2.27. The summed E-state index contributed by atoms with van der Waals surface area (Å²) in [7, 11) is -3.27.